The molecule has 0 saturated carbocycles. The highest BCUT2D eigenvalue weighted by Crippen LogP contribution is 2.30. The first-order valence-corrected chi connectivity index (χ1v) is 10.3. The number of carbonyl (C=O) groups excluding carboxylic acids is 1. The number of H-pyrrole nitrogens is 1. The zero-order valence-corrected chi connectivity index (χ0v) is 17.5. The largest absolute Gasteiger partial charge is 0.462 e. The molecule has 0 spiro atoms. The van der Waals surface area contributed by atoms with Gasteiger partial charge in [0.1, 0.15) is 17.2 Å². The molecule has 1 N–H and O–H groups in total. The first kappa shape index (κ1) is 20.3. The maximum atomic E-state index is 13.3. The number of aromatic nitrogens is 1. The summed E-state index contributed by atoms with van der Waals surface area (Å²) in [5, 5.41) is 0.716. The molecule has 2 heterocycles. The van der Waals surface area contributed by atoms with Gasteiger partial charge in [0, 0.05) is 42.6 Å². The van der Waals surface area contributed by atoms with E-state index in [-0.39, 0.29) is 11.8 Å². The van der Waals surface area contributed by atoms with Crippen molar-refractivity contribution in [3.05, 3.63) is 71.0 Å². The number of piperazine rings is 1. The Morgan fingerprint density at radius 1 is 1.07 bits per heavy atom. The summed E-state index contributed by atoms with van der Waals surface area (Å²) in [6, 6.07) is 15.8. The lowest BCUT2D eigenvalue weighted by Crippen LogP contribution is -2.47. The van der Waals surface area contributed by atoms with Crippen molar-refractivity contribution >= 4 is 29.1 Å². The molecule has 1 aliphatic heterocycles. The van der Waals surface area contributed by atoms with Crippen LogP contribution in [0, 0.1) is 5.82 Å². The zero-order valence-electron chi connectivity index (χ0n) is 16.7. The van der Waals surface area contributed by atoms with E-state index in [1.165, 1.54) is 12.1 Å². The second kappa shape index (κ2) is 8.79. The molecule has 1 fully saturated rings. The second-order valence-electron chi connectivity index (χ2n) is 7.13. The number of carbonyl (C=O) groups is 1. The maximum Gasteiger partial charge on any atom is 0.341 e. The summed E-state index contributed by atoms with van der Waals surface area (Å²) in [7, 11) is 0. The van der Waals surface area contributed by atoms with Gasteiger partial charge in [-0.05, 0) is 61.0 Å². The lowest BCUT2D eigenvalue weighted by Gasteiger charge is -2.37. The van der Waals surface area contributed by atoms with Crippen molar-refractivity contribution < 1.29 is 13.9 Å². The molecule has 2 aromatic carbocycles. The van der Waals surface area contributed by atoms with Crippen LogP contribution in [0.2, 0.25) is 5.02 Å². The summed E-state index contributed by atoms with van der Waals surface area (Å²) in [5.41, 5.74) is 3.15. The normalized spacial score (nSPS) is 14.1. The highest BCUT2D eigenvalue weighted by atomic mass is 35.5. The molecule has 0 radical (unpaired) electrons. The highest BCUT2D eigenvalue weighted by Gasteiger charge is 2.25. The average molecular weight is 428 g/mol. The third-order valence-electron chi connectivity index (χ3n) is 5.22. The third kappa shape index (κ3) is 4.28. The number of halogens is 2. The van der Waals surface area contributed by atoms with Crippen molar-refractivity contribution in [3.63, 3.8) is 0 Å². The highest BCUT2D eigenvalue weighted by molar-refractivity contribution is 6.30. The van der Waals surface area contributed by atoms with Gasteiger partial charge in [-0.25, -0.2) is 9.18 Å². The van der Waals surface area contributed by atoms with Crippen molar-refractivity contribution in [1.29, 1.82) is 0 Å². The summed E-state index contributed by atoms with van der Waals surface area (Å²) < 4.78 is 18.6. The minimum atomic E-state index is -0.366. The predicted octanol–water partition coefficient (Wildman–Crippen LogP) is 4.98. The number of hydrogen-bond acceptors (Lipinski definition) is 4. The fourth-order valence-electron chi connectivity index (χ4n) is 3.70. The van der Waals surface area contributed by atoms with Gasteiger partial charge >= 0.3 is 5.97 Å². The lowest BCUT2D eigenvalue weighted by atomic mass is 10.1. The summed E-state index contributed by atoms with van der Waals surface area (Å²) in [6.45, 7) is 5.17. The van der Waals surface area contributed by atoms with Gasteiger partial charge in [0.15, 0.2) is 0 Å². The Bertz CT molecular complexity index is 1030. The molecule has 0 unspecified atom stereocenters. The molecule has 3 aromatic rings. The SMILES string of the molecule is CCOC(=O)c1cc(-c2ccc(F)cc2)[nH]c1N1CCN(c2cccc(Cl)c2)CC1. The molecular formula is C23H23ClFN3O2. The Balaban J connectivity index is 1.58. The van der Waals surface area contributed by atoms with Crippen molar-refractivity contribution in [2.45, 2.75) is 6.92 Å². The van der Waals surface area contributed by atoms with E-state index in [0.29, 0.717) is 17.2 Å². The average Bonchev–Trinajstić information content (AvgIpc) is 3.20. The number of benzene rings is 2. The number of esters is 1. The number of rotatable bonds is 5. The molecule has 1 saturated heterocycles. The summed E-state index contributed by atoms with van der Waals surface area (Å²) in [6.07, 6.45) is 0. The first-order valence-electron chi connectivity index (χ1n) is 9.96. The van der Waals surface area contributed by atoms with Gasteiger partial charge in [0.2, 0.25) is 0 Å². The van der Waals surface area contributed by atoms with Gasteiger partial charge in [0.05, 0.1) is 6.61 Å². The smallest absolute Gasteiger partial charge is 0.341 e. The van der Waals surface area contributed by atoms with Crippen molar-refractivity contribution in [3.8, 4) is 11.3 Å². The number of nitrogens with one attached hydrogen (secondary N) is 1. The van der Waals surface area contributed by atoms with Crippen LogP contribution in [0.1, 0.15) is 17.3 Å². The molecule has 156 valence electrons. The Morgan fingerprint density at radius 2 is 1.77 bits per heavy atom. The Labute approximate surface area is 180 Å². The molecule has 1 aromatic heterocycles. The minimum Gasteiger partial charge on any atom is -0.462 e. The number of anilines is 2. The molecule has 5 nitrogen and oxygen atoms in total. The molecule has 1 aliphatic rings. The molecule has 0 bridgehead atoms. The minimum absolute atomic E-state index is 0.298. The topological polar surface area (TPSA) is 48.6 Å². The van der Waals surface area contributed by atoms with Crippen LogP contribution in [0.15, 0.2) is 54.6 Å². The monoisotopic (exact) mass is 427 g/mol. The molecule has 7 heteroatoms. The van der Waals surface area contributed by atoms with Crippen LogP contribution < -0.4 is 9.80 Å². The van der Waals surface area contributed by atoms with Gasteiger partial charge in [-0.3, -0.25) is 0 Å². The lowest BCUT2D eigenvalue weighted by molar-refractivity contribution is 0.0527. The zero-order chi connectivity index (χ0) is 21.1. The van der Waals surface area contributed by atoms with Gasteiger partial charge in [-0.15, -0.1) is 0 Å². The fraction of sp³-hybridized carbons (Fsp3) is 0.261. The predicted molar refractivity (Wildman–Crippen MR) is 118 cm³/mol. The van der Waals surface area contributed by atoms with Gasteiger partial charge in [-0.1, -0.05) is 17.7 Å². The van der Waals surface area contributed by atoms with Crippen molar-refractivity contribution in [2.75, 3.05) is 42.6 Å². The molecule has 0 amide bonds. The standard InChI is InChI=1S/C23H23ClFN3O2/c1-2-30-23(29)20-15-21(16-6-8-18(25)9-7-16)26-22(20)28-12-10-27(11-13-28)19-5-3-4-17(24)14-19/h3-9,14-15,26H,2,10-13H2,1H3. The van der Waals surface area contributed by atoms with Crippen LogP contribution in [0.3, 0.4) is 0 Å². The Hall–Kier alpha value is -2.99. The van der Waals surface area contributed by atoms with Crippen LogP contribution in [0.4, 0.5) is 15.9 Å². The van der Waals surface area contributed by atoms with Crippen LogP contribution >= 0.6 is 11.6 Å². The van der Waals surface area contributed by atoms with Gasteiger partial charge in [0.25, 0.3) is 0 Å². The van der Waals surface area contributed by atoms with E-state index in [1.54, 1.807) is 25.1 Å². The van der Waals surface area contributed by atoms with E-state index >= 15 is 0 Å². The fourth-order valence-corrected chi connectivity index (χ4v) is 3.89. The van der Waals surface area contributed by atoms with Gasteiger partial charge < -0.3 is 19.5 Å². The van der Waals surface area contributed by atoms with Crippen molar-refractivity contribution in [2.24, 2.45) is 0 Å². The molecule has 0 aliphatic carbocycles. The van der Waals surface area contributed by atoms with Crippen molar-refractivity contribution in [1.82, 2.24) is 4.98 Å². The maximum absolute atomic E-state index is 13.3. The van der Waals surface area contributed by atoms with E-state index in [0.717, 1.165) is 48.9 Å². The third-order valence-corrected chi connectivity index (χ3v) is 5.45. The number of aromatic amines is 1. The van der Waals surface area contributed by atoms with E-state index in [1.807, 2.05) is 24.3 Å². The van der Waals surface area contributed by atoms with E-state index in [4.69, 9.17) is 16.3 Å². The summed E-state index contributed by atoms with van der Waals surface area (Å²) in [5.74, 6) is 0.0705. The number of hydrogen-bond donors (Lipinski definition) is 1. The number of nitrogens with zero attached hydrogens (tertiary/aromatic N) is 2. The Kier molecular flexibility index (Phi) is 5.95. The van der Waals surface area contributed by atoms with Gasteiger partial charge in [-0.2, -0.15) is 0 Å². The Morgan fingerprint density at radius 3 is 2.43 bits per heavy atom. The summed E-state index contributed by atoms with van der Waals surface area (Å²) >= 11 is 6.13. The molecule has 0 atom stereocenters. The number of ether oxygens (including phenoxy) is 1. The van der Waals surface area contributed by atoms with Crippen LogP contribution in [0.5, 0.6) is 0 Å². The quantitative estimate of drug-likeness (QED) is 0.583. The first-order chi connectivity index (χ1) is 14.5. The van der Waals surface area contributed by atoms with E-state index < -0.39 is 0 Å². The van der Waals surface area contributed by atoms with Crippen LogP contribution in [0.25, 0.3) is 11.3 Å². The molecule has 30 heavy (non-hydrogen) atoms. The molecule has 4 rings (SSSR count). The van der Waals surface area contributed by atoms with E-state index in [2.05, 4.69) is 14.8 Å². The second-order valence-corrected chi connectivity index (χ2v) is 7.56. The van der Waals surface area contributed by atoms with Crippen LogP contribution in [-0.4, -0.2) is 43.7 Å². The van der Waals surface area contributed by atoms with Crippen LogP contribution in [-0.2, 0) is 4.74 Å². The van der Waals surface area contributed by atoms with E-state index in [9.17, 15) is 9.18 Å². The summed E-state index contributed by atoms with van der Waals surface area (Å²) in [4.78, 5) is 20.4. The molecular weight excluding hydrogens is 405 g/mol.